The van der Waals surface area contributed by atoms with Crippen LogP contribution in [0.25, 0.3) is 0 Å². The number of ether oxygens (including phenoxy) is 2. The summed E-state index contributed by atoms with van der Waals surface area (Å²) in [6.07, 6.45) is 0. The van der Waals surface area contributed by atoms with E-state index in [4.69, 9.17) is 9.47 Å². The van der Waals surface area contributed by atoms with E-state index in [0.29, 0.717) is 6.54 Å². The van der Waals surface area contributed by atoms with Crippen LogP contribution in [0.1, 0.15) is 22.8 Å². The van der Waals surface area contributed by atoms with Gasteiger partial charge in [-0.2, -0.15) is 0 Å². The van der Waals surface area contributed by atoms with Crippen LogP contribution in [0.3, 0.4) is 0 Å². The van der Waals surface area contributed by atoms with Crippen molar-refractivity contribution < 1.29 is 28.2 Å². The van der Waals surface area contributed by atoms with Gasteiger partial charge in [-0.05, 0) is 36.8 Å². The third-order valence-corrected chi connectivity index (χ3v) is 3.34. The Hall–Kier alpha value is -3.42. The zero-order valence-electron chi connectivity index (χ0n) is 14.7. The molecule has 142 valence electrons. The average molecular weight is 374 g/mol. The van der Waals surface area contributed by atoms with Gasteiger partial charge >= 0.3 is 12.0 Å². The topological polar surface area (TPSA) is 93.7 Å². The maximum absolute atomic E-state index is 12.9. The zero-order valence-corrected chi connectivity index (χ0v) is 14.7. The summed E-state index contributed by atoms with van der Waals surface area (Å²) < 4.78 is 23.4. The van der Waals surface area contributed by atoms with Crippen LogP contribution in [-0.4, -0.2) is 31.1 Å². The van der Waals surface area contributed by atoms with Crippen molar-refractivity contribution in [1.82, 2.24) is 10.6 Å². The van der Waals surface area contributed by atoms with Crippen LogP contribution >= 0.6 is 0 Å². The molecule has 3 amide bonds. The molecule has 0 aliphatic rings. The minimum atomic E-state index is -0.768. The van der Waals surface area contributed by atoms with E-state index in [0.717, 1.165) is 5.56 Å². The molecule has 0 fully saturated rings. The predicted molar refractivity (Wildman–Crippen MR) is 94.7 cm³/mol. The van der Waals surface area contributed by atoms with Crippen LogP contribution in [0.15, 0.2) is 48.5 Å². The highest BCUT2D eigenvalue weighted by molar-refractivity contribution is 5.97. The molecule has 0 saturated heterocycles. The number of urea groups is 1. The van der Waals surface area contributed by atoms with Gasteiger partial charge in [0.1, 0.15) is 23.7 Å². The van der Waals surface area contributed by atoms with E-state index in [1.165, 1.54) is 18.2 Å². The Kier molecular flexibility index (Phi) is 7.30. The monoisotopic (exact) mass is 374 g/mol. The van der Waals surface area contributed by atoms with Crippen molar-refractivity contribution >= 4 is 17.9 Å². The number of benzene rings is 2. The number of nitrogens with one attached hydrogen (secondary N) is 2. The summed E-state index contributed by atoms with van der Waals surface area (Å²) in [7, 11) is 0. The predicted octanol–water partition coefficient (Wildman–Crippen LogP) is 2.41. The highest BCUT2D eigenvalue weighted by Crippen LogP contribution is 2.20. The number of rotatable bonds is 7. The molecule has 0 radical (unpaired) electrons. The van der Waals surface area contributed by atoms with Crippen molar-refractivity contribution in [2.24, 2.45) is 0 Å². The second kappa shape index (κ2) is 9.91. The number of halogens is 1. The van der Waals surface area contributed by atoms with Crippen LogP contribution in [0.2, 0.25) is 0 Å². The van der Waals surface area contributed by atoms with Crippen LogP contribution in [0, 0.1) is 5.82 Å². The van der Waals surface area contributed by atoms with Gasteiger partial charge in [-0.25, -0.2) is 14.0 Å². The summed E-state index contributed by atoms with van der Waals surface area (Å²) in [5, 5.41) is 4.41. The second-order valence-corrected chi connectivity index (χ2v) is 5.40. The fourth-order valence-corrected chi connectivity index (χ4v) is 2.08. The number of imide groups is 1. The maximum atomic E-state index is 12.9. The number of hydrogen-bond donors (Lipinski definition) is 2. The molecule has 0 aromatic heterocycles. The highest BCUT2D eigenvalue weighted by Gasteiger charge is 2.16. The molecule has 0 saturated carbocycles. The van der Waals surface area contributed by atoms with E-state index < -0.39 is 24.5 Å². The van der Waals surface area contributed by atoms with Gasteiger partial charge in [-0.1, -0.05) is 24.3 Å². The van der Waals surface area contributed by atoms with Crippen molar-refractivity contribution in [3.63, 3.8) is 0 Å². The molecule has 0 bridgehead atoms. The number of amides is 3. The standard InChI is InChI=1S/C19H19FN2O5/c1-2-21-19(25)22-17(23)12-27-18(24)15-5-3-4-6-16(15)26-11-13-7-9-14(20)10-8-13/h3-10H,2,11-12H2,1H3,(H2,21,22,23,25). The maximum Gasteiger partial charge on any atom is 0.342 e. The third kappa shape index (κ3) is 6.43. The molecular formula is C19H19FN2O5. The Morgan fingerprint density at radius 2 is 1.74 bits per heavy atom. The van der Waals surface area contributed by atoms with Gasteiger partial charge in [-0.15, -0.1) is 0 Å². The van der Waals surface area contributed by atoms with Gasteiger partial charge in [0.2, 0.25) is 0 Å². The number of para-hydroxylation sites is 1. The molecule has 0 spiro atoms. The van der Waals surface area contributed by atoms with E-state index in [1.807, 2.05) is 5.32 Å². The Bertz CT molecular complexity index is 808. The zero-order chi connectivity index (χ0) is 19.6. The first-order valence-electron chi connectivity index (χ1n) is 8.20. The summed E-state index contributed by atoms with van der Waals surface area (Å²) in [5.41, 5.74) is 0.853. The first-order valence-corrected chi connectivity index (χ1v) is 8.20. The number of carbonyl (C=O) groups excluding carboxylic acids is 3. The Morgan fingerprint density at radius 3 is 2.44 bits per heavy atom. The molecule has 0 unspecified atom stereocenters. The lowest BCUT2D eigenvalue weighted by molar-refractivity contribution is -0.123. The Balaban J connectivity index is 1.93. The molecule has 8 heteroatoms. The van der Waals surface area contributed by atoms with Gasteiger partial charge < -0.3 is 14.8 Å². The number of esters is 1. The van der Waals surface area contributed by atoms with Crippen molar-refractivity contribution in [2.75, 3.05) is 13.2 Å². The fourth-order valence-electron chi connectivity index (χ4n) is 2.08. The summed E-state index contributed by atoms with van der Waals surface area (Å²) >= 11 is 0. The molecule has 0 aliphatic carbocycles. The van der Waals surface area contributed by atoms with E-state index >= 15 is 0 Å². The van der Waals surface area contributed by atoms with Crippen LogP contribution < -0.4 is 15.4 Å². The lowest BCUT2D eigenvalue weighted by atomic mass is 10.2. The largest absolute Gasteiger partial charge is 0.488 e. The Labute approximate surface area is 155 Å². The van der Waals surface area contributed by atoms with Crippen LogP contribution in [-0.2, 0) is 16.1 Å². The van der Waals surface area contributed by atoms with E-state index in [9.17, 15) is 18.8 Å². The first kappa shape index (κ1) is 19.9. The van der Waals surface area contributed by atoms with Crippen molar-refractivity contribution in [2.45, 2.75) is 13.5 Å². The molecule has 2 rings (SSSR count). The molecule has 0 aliphatic heterocycles. The molecule has 2 N–H and O–H groups in total. The molecule has 2 aromatic rings. The first-order chi connectivity index (χ1) is 13.0. The average Bonchev–Trinajstić information content (AvgIpc) is 2.66. The fraction of sp³-hybridized carbons (Fsp3) is 0.211. The van der Waals surface area contributed by atoms with Gasteiger partial charge in [-0.3, -0.25) is 10.1 Å². The normalized spacial score (nSPS) is 10.0. The van der Waals surface area contributed by atoms with Crippen LogP contribution in [0.5, 0.6) is 5.75 Å². The molecule has 0 atom stereocenters. The molecule has 7 nitrogen and oxygen atoms in total. The van der Waals surface area contributed by atoms with E-state index in [2.05, 4.69) is 5.32 Å². The SMILES string of the molecule is CCNC(=O)NC(=O)COC(=O)c1ccccc1OCc1ccc(F)cc1. The van der Waals surface area contributed by atoms with Gasteiger partial charge in [0.15, 0.2) is 6.61 Å². The molecule has 27 heavy (non-hydrogen) atoms. The highest BCUT2D eigenvalue weighted by atomic mass is 19.1. The summed E-state index contributed by atoms with van der Waals surface area (Å²) in [6, 6.07) is 11.5. The third-order valence-electron chi connectivity index (χ3n) is 3.34. The summed E-state index contributed by atoms with van der Waals surface area (Å²) in [6.45, 7) is 1.58. The second-order valence-electron chi connectivity index (χ2n) is 5.40. The van der Waals surface area contributed by atoms with E-state index in [-0.39, 0.29) is 23.7 Å². The minimum absolute atomic E-state index is 0.127. The molecular weight excluding hydrogens is 355 g/mol. The quantitative estimate of drug-likeness (QED) is 0.726. The van der Waals surface area contributed by atoms with E-state index in [1.54, 1.807) is 37.3 Å². The summed E-state index contributed by atoms with van der Waals surface area (Å²) in [5.74, 6) is -1.61. The van der Waals surface area contributed by atoms with Crippen molar-refractivity contribution in [1.29, 1.82) is 0 Å². The lowest BCUT2D eigenvalue weighted by Gasteiger charge is -2.11. The summed E-state index contributed by atoms with van der Waals surface area (Å²) in [4.78, 5) is 35.0. The lowest BCUT2D eigenvalue weighted by Crippen LogP contribution is -2.41. The van der Waals surface area contributed by atoms with Gasteiger partial charge in [0, 0.05) is 6.54 Å². The van der Waals surface area contributed by atoms with Crippen LogP contribution in [0.4, 0.5) is 9.18 Å². The number of carbonyl (C=O) groups is 3. The smallest absolute Gasteiger partial charge is 0.342 e. The molecule has 2 aromatic carbocycles. The van der Waals surface area contributed by atoms with Gasteiger partial charge in [0.05, 0.1) is 0 Å². The van der Waals surface area contributed by atoms with Crippen molar-refractivity contribution in [3.05, 3.63) is 65.5 Å². The number of hydrogen-bond acceptors (Lipinski definition) is 5. The van der Waals surface area contributed by atoms with Crippen molar-refractivity contribution in [3.8, 4) is 5.75 Å². The Morgan fingerprint density at radius 1 is 1.04 bits per heavy atom. The minimum Gasteiger partial charge on any atom is -0.488 e. The van der Waals surface area contributed by atoms with Gasteiger partial charge in [0.25, 0.3) is 5.91 Å². The molecule has 0 heterocycles.